The predicted molar refractivity (Wildman–Crippen MR) is 167 cm³/mol. The van der Waals surface area contributed by atoms with Crippen molar-refractivity contribution in [2.75, 3.05) is 16.4 Å². The molecule has 40 heavy (non-hydrogen) atoms. The Labute approximate surface area is 254 Å². The third kappa shape index (κ3) is 8.72. The normalized spacial score (nSPS) is 11.0. The van der Waals surface area contributed by atoms with Gasteiger partial charge in [-0.1, -0.05) is 75.5 Å². The summed E-state index contributed by atoms with van der Waals surface area (Å²) in [6.07, 6.45) is 1.60. The van der Waals surface area contributed by atoms with Gasteiger partial charge in [0.15, 0.2) is 0 Å². The SMILES string of the molecule is O=C(CSc1cccc(NC(=O)/C(=C\c2cccc(Br)c2)NC(=O)c2ccccc2)c1)Nc1ccc(Cl)c(Cl)c1. The average Bonchev–Trinajstić information content (AvgIpc) is 2.94. The van der Waals surface area contributed by atoms with Crippen LogP contribution in [0.1, 0.15) is 15.9 Å². The standard InChI is InChI=1S/C30H22BrCl2N3O3S/c31-21-9-4-6-19(14-21)15-27(36-29(38)20-7-2-1-3-8-20)30(39)35-22-10-5-11-24(16-22)40-18-28(37)34-23-12-13-25(32)26(33)17-23/h1-17H,18H2,(H,34,37)(H,35,39)(H,36,38)/b27-15+. The molecule has 0 saturated carbocycles. The van der Waals surface area contributed by atoms with Crippen molar-refractivity contribution in [2.24, 2.45) is 0 Å². The quantitative estimate of drug-likeness (QED) is 0.127. The number of hydrogen-bond acceptors (Lipinski definition) is 4. The van der Waals surface area contributed by atoms with Gasteiger partial charge in [-0.2, -0.15) is 0 Å². The Kier molecular flexibility index (Phi) is 10.4. The van der Waals surface area contributed by atoms with Crippen molar-refractivity contribution in [1.82, 2.24) is 5.32 Å². The molecule has 0 unspecified atom stereocenters. The molecule has 0 aromatic heterocycles. The lowest BCUT2D eigenvalue weighted by molar-refractivity contribution is -0.114. The Bertz CT molecular complexity index is 1580. The lowest BCUT2D eigenvalue weighted by Gasteiger charge is -2.12. The molecule has 0 fully saturated rings. The Morgan fingerprint density at radius 2 is 1.52 bits per heavy atom. The molecule has 0 aliphatic carbocycles. The largest absolute Gasteiger partial charge is 0.325 e. The highest BCUT2D eigenvalue weighted by molar-refractivity contribution is 9.10. The van der Waals surface area contributed by atoms with Gasteiger partial charge in [0, 0.05) is 26.3 Å². The number of anilines is 2. The van der Waals surface area contributed by atoms with Crippen LogP contribution in [0.5, 0.6) is 0 Å². The summed E-state index contributed by atoms with van der Waals surface area (Å²) in [5.41, 5.74) is 2.28. The number of rotatable bonds is 9. The minimum Gasteiger partial charge on any atom is -0.325 e. The van der Waals surface area contributed by atoms with Gasteiger partial charge in [0.05, 0.1) is 15.8 Å². The Morgan fingerprint density at radius 1 is 0.775 bits per heavy atom. The maximum Gasteiger partial charge on any atom is 0.272 e. The van der Waals surface area contributed by atoms with Crippen LogP contribution in [-0.2, 0) is 9.59 Å². The molecule has 10 heteroatoms. The molecule has 3 N–H and O–H groups in total. The van der Waals surface area contributed by atoms with E-state index in [0.717, 1.165) is 14.9 Å². The van der Waals surface area contributed by atoms with Gasteiger partial charge in [0.1, 0.15) is 5.70 Å². The fraction of sp³-hybridized carbons (Fsp3) is 0.0333. The van der Waals surface area contributed by atoms with Gasteiger partial charge in [-0.15, -0.1) is 11.8 Å². The number of halogens is 3. The highest BCUT2D eigenvalue weighted by Gasteiger charge is 2.16. The highest BCUT2D eigenvalue weighted by Crippen LogP contribution is 2.26. The summed E-state index contributed by atoms with van der Waals surface area (Å²) in [5, 5.41) is 9.10. The van der Waals surface area contributed by atoms with Crippen LogP contribution in [-0.4, -0.2) is 23.5 Å². The van der Waals surface area contributed by atoms with Crippen molar-refractivity contribution in [1.29, 1.82) is 0 Å². The molecule has 4 aromatic carbocycles. The van der Waals surface area contributed by atoms with E-state index in [1.807, 2.05) is 36.4 Å². The molecule has 0 aliphatic heterocycles. The molecule has 202 valence electrons. The topological polar surface area (TPSA) is 87.3 Å². The second-order valence-corrected chi connectivity index (χ2v) is 11.2. The highest BCUT2D eigenvalue weighted by atomic mass is 79.9. The minimum atomic E-state index is -0.497. The monoisotopic (exact) mass is 653 g/mol. The summed E-state index contributed by atoms with van der Waals surface area (Å²) in [7, 11) is 0. The Hall–Kier alpha value is -3.56. The molecule has 0 radical (unpaired) electrons. The van der Waals surface area contributed by atoms with Crippen molar-refractivity contribution in [3.8, 4) is 0 Å². The van der Waals surface area contributed by atoms with Crippen LogP contribution in [0.15, 0.2) is 112 Å². The molecule has 0 bridgehead atoms. The van der Waals surface area contributed by atoms with Crippen LogP contribution in [0.4, 0.5) is 11.4 Å². The van der Waals surface area contributed by atoms with Crippen LogP contribution >= 0.6 is 50.9 Å². The van der Waals surface area contributed by atoms with E-state index in [1.165, 1.54) is 11.8 Å². The van der Waals surface area contributed by atoms with E-state index < -0.39 is 11.8 Å². The molecule has 6 nitrogen and oxygen atoms in total. The molecular formula is C30H22BrCl2N3O3S. The van der Waals surface area contributed by atoms with Crippen molar-refractivity contribution < 1.29 is 14.4 Å². The van der Waals surface area contributed by atoms with Crippen LogP contribution in [0.3, 0.4) is 0 Å². The van der Waals surface area contributed by atoms with Gasteiger partial charge in [-0.3, -0.25) is 14.4 Å². The number of carbonyl (C=O) groups is 3. The van der Waals surface area contributed by atoms with Crippen molar-refractivity contribution in [3.05, 3.63) is 128 Å². The molecular weight excluding hydrogens is 633 g/mol. The number of carbonyl (C=O) groups excluding carboxylic acids is 3. The lowest BCUT2D eigenvalue weighted by atomic mass is 10.1. The fourth-order valence-electron chi connectivity index (χ4n) is 3.49. The maximum absolute atomic E-state index is 13.3. The molecule has 4 rings (SSSR count). The van der Waals surface area contributed by atoms with Gasteiger partial charge in [0.2, 0.25) is 5.91 Å². The van der Waals surface area contributed by atoms with E-state index in [1.54, 1.807) is 66.7 Å². The summed E-state index contributed by atoms with van der Waals surface area (Å²) in [6, 6.07) is 28.0. The third-order valence-electron chi connectivity index (χ3n) is 5.35. The van der Waals surface area contributed by atoms with E-state index in [-0.39, 0.29) is 17.4 Å². The molecule has 0 heterocycles. The van der Waals surface area contributed by atoms with E-state index in [0.29, 0.717) is 27.0 Å². The van der Waals surface area contributed by atoms with Gasteiger partial charge >= 0.3 is 0 Å². The Morgan fingerprint density at radius 3 is 2.27 bits per heavy atom. The smallest absolute Gasteiger partial charge is 0.272 e. The average molecular weight is 655 g/mol. The van der Waals surface area contributed by atoms with Crippen LogP contribution in [0, 0.1) is 0 Å². The zero-order valence-corrected chi connectivity index (χ0v) is 24.7. The number of nitrogens with one attached hydrogen (secondary N) is 3. The minimum absolute atomic E-state index is 0.0750. The first-order valence-electron chi connectivity index (χ1n) is 11.9. The molecule has 0 saturated heterocycles. The molecule has 3 amide bonds. The van der Waals surface area contributed by atoms with Crippen molar-refractivity contribution >= 4 is 86.1 Å². The van der Waals surface area contributed by atoms with E-state index >= 15 is 0 Å². The van der Waals surface area contributed by atoms with Crippen molar-refractivity contribution in [2.45, 2.75) is 4.90 Å². The first-order valence-corrected chi connectivity index (χ1v) is 14.4. The maximum atomic E-state index is 13.3. The van der Waals surface area contributed by atoms with Gasteiger partial charge < -0.3 is 16.0 Å². The zero-order chi connectivity index (χ0) is 28.5. The van der Waals surface area contributed by atoms with Gasteiger partial charge in [-0.05, 0) is 72.3 Å². The first-order chi connectivity index (χ1) is 19.3. The summed E-state index contributed by atoms with van der Waals surface area (Å²) < 4.78 is 0.836. The molecule has 0 aliphatic rings. The molecule has 4 aromatic rings. The van der Waals surface area contributed by atoms with Gasteiger partial charge in [-0.25, -0.2) is 0 Å². The third-order valence-corrected chi connectivity index (χ3v) is 7.58. The number of hydrogen-bond donors (Lipinski definition) is 3. The number of amides is 3. The second kappa shape index (κ2) is 14.2. The van der Waals surface area contributed by atoms with Crippen LogP contribution in [0.25, 0.3) is 6.08 Å². The Balaban J connectivity index is 1.44. The van der Waals surface area contributed by atoms with E-state index in [4.69, 9.17) is 23.2 Å². The first kappa shape index (κ1) is 29.4. The molecule has 0 atom stereocenters. The van der Waals surface area contributed by atoms with Crippen molar-refractivity contribution in [3.63, 3.8) is 0 Å². The van der Waals surface area contributed by atoms with Crippen LogP contribution in [0.2, 0.25) is 10.0 Å². The lowest BCUT2D eigenvalue weighted by Crippen LogP contribution is -2.30. The molecule has 0 spiro atoms. The van der Waals surface area contributed by atoms with E-state index in [9.17, 15) is 14.4 Å². The fourth-order valence-corrected chi connectivity index (χ4v) is 4.96. The summed E-state index contributed by atoms with van der Waals surface area (Å²) in [5.74, 6) is -0.988. The zero-order valence-electron chi connectivity index (χ0n) is 20.8. The second-order valence-electron chi connectivity index (χ2n) is 8.38. The number of thioether (sulfide) groups is 1. The predicted octanol–water partition coefficient (Wildman–Crippen LogP) is 7.90. The van der Waals surface area contributed by atoms with Crippen LogP contribution < -0.4 is 16.0 Å². The summed E-state index contributed by atoms with van der Waals surface area (Å²) >= 11 is 16.7. The summed E-state index contributed by atoms with van der Waals surface area (Å²) in [6.45, 7) is 0. The van der Waals surface area contributed by atoms with E-state index in [2.05, 4.69) is 31.9 Å². The van der Waals surface area contributed by atoms with Gasteiger partial charge in [0.25, 0.3) is 11.8 Å². The number of benzene rings is 4. The summed E-state index contributed by atoms with van der Waals surface area (Å²) in [4.78, 5) is 39.3.